The van der Waals surface area contributed by atoms with E-state index in [4.69, 9.17) is 10.0 Å². The lowest BCUT2D eigenvalue weighted by Crippen LogP contribution is -2.40. The molecule has 8 nitrogen and oxygen atoms in total. The fourth-order valence-electron chi connectivity index (χ4n) is 3.60. The van der Waals surface area contributed by atoms with Gasteiger partial charge in [0.2, 0.25) is 0 Å². The van der Waals surface area contributed by atoms with Gasteiger partial charge in [0.05, 0.1) is 11.8 Å². The van der Waals surface area contributed by atoms with Crippen LogP contribution in [0, 0.1) is 5.82 Å². The van der Waals surface area contributed by atoms with E-state index < -0.39 is 39.0 Å². The molecular formula is C22H25FN2O6S. The normalized spacial score (nSPS) is 17.9. The zero-order chi connectivity index (χ0) is 23.5. The molecule has 0 radical (unpaired) electrons. The molecule has 1 heterocycles. The van der Waals surface area contributed by atoms with E-state index in [0.717, 1.165) is 11.8 Å². The Balaban J connectivity index is 1.71. The lowest BCUT2D eigenvalue weighted by molar-refractivity contribution is -0.129. The van der Waals surface area contributed by atoms with Gasteiger partial charge in [0.15, 0.2) is 9.84 Å². The molecule has 2 aromatic rings. The van der Waals surface area contributed by atoms with Crippen molar-refractivity contribution in [2.45, 2.75) is 43.6 Å². The van der Waals surface area contributed by atoms with Crippen LogP contribution in [0.4, 0.5) is 4.39 Å². The van der Waals surface area contributed by atoms with Crippen LogP contribution in [0.1, 0.15) is 30.9 Å². The Kier molecular flexibility index (Phi) is 7.27. The molecule has 2 aromatic carbocycles. The summed E-state index contributed by atoms with van der Waals surface area (Å²) in [6, 6.07) is 11.9. The third kappa shape index (κ3) is 5.70. The number of hydrogen-bond donors (Lipinski definition) is 3. The van der Waals surface area contributed by atoms with E-state index in [1.165, 1.54) is 11.5 Å². The summed E-state index contributed by atoms with van der Waals surface area (Å²) in [5.41, 5.74) is 4.33. The summed E-state index contributed by atoms with van der Waals surface area (Å²) in [5, 5.41) is 20.7. The monoisotopic (exact) mass is 464 g/mol. The molecule has 1 unspecified atom stereocenters. The summed E-state index contributed by atoms with van der Waals surface area (Å²) in [4.78, 5) is 17.0. The van der Waals surface area contributed by atoms with Gasteiger partial charge in [-0.15, -0.1) is 0 Å². The van der Waals surface area contributed by atoms with Gasteiger partial charge in [-0.2, -0.15) is 0 Å². The molecule has 0 aliphatic carbocycles. The van der Waals surface area contributed by atoms with E-state index in [1.54, 1.807) is 31.2 Å². The Morgan fingerprint density at radius 2 is 1.91 bits per heavy atom. The Labute approximate surface area is 185 Å². The summed E-state index contributed by atoms with van der Waals surface area (Å²) in [5.74, 6) is -1.50. The molecule has 0 saturated carbocycles. The van der Waals surface area contributed by atoms with Gasteiger partial charge in [-0.1, -0.05) is 41.6 Å². The summed E-state index contributed by atoms with van der Waals surface area (Å²) < 4.78 is 38.5. The van der Waals surface area contributed by atoms with Crippen LogP contribution in [-0.2, 0) is 25.9 Å². The second-order valence-corrected chi connectivity index (χ2v) is 10.2. The lowest BCUT2D eigenvalue weighted by atomic mass is 9.97. The minimum absolute atomic E-state index is 0.192. The molecule has 0 bridgehead atoms. The SMILES string of the molecule is C[C@@H](O)Cc1ccc(-c2ccc(C3=NO[C@@H](CC(C(=O)NO)S(C)(=O)=O)C3)cc2F)cc1. The van der Waals surface area contributed by atoms with Crippen LogP contribution in [-0.4, -0.2) is 54.1 Å². The zero-order valence-corrected chi connectivity index (χ0v) is 18.5. The summed E-state index contributed by atoms with van der Waals surface area (Å²) in [7, 11) is -3.78. The van der Waals surface area contributed by atoms with Gasteiger partial charge >= 0.3 is 0 Å². The van der Waals surface area contributed by atoms with E-state index in [1.807, 2.05) is 12.1 Å². The predicted molar refractivity (Wildman–Crippen MR) is 116 cm³/mol. The van der Waals surface area contributed by atoms with Crippen LogP contribution in [0.25, 0.3) is 11.1 Å². The van der Waals surface area contributed by atoms with Crippen molar-refractivity contribution in [3.05, 3.63) is 59.4 Å². The number of rotatable bonds is 8. The van der Waals surface area contributed by atoms with Gasteiger partial charge in [0.1, 0.15) is 17.2 Å². The Bertz CT molecular complexity index is 1120. The van der Waals surface area contributed by atoms with Crippen molar-refractivity contribution in [3.8, 4) is 11.1 Å². The highest BCUT2D eigenvalue weighted by molar-refractivity contribution is 7.92. The first kappa shape index (κ1) is 23.8. The van der Waals surface area contributed by atoms with Crippen LogP contribution >= 0.6 is 0 Å². The summed E-state index contributed by atoms with van der Waals surface area (Å²) in [6.07, 6.45) is 0.249. The number of sulfone groups is 1. The predicted octanol–water partition coefficient (Wildman–Crippen LogP) is 2.22. The second kappa shape index (κ2) is 9.76. The summed E-state index contributed by atoms with van der Waals surface area (Å²) >= 11 is 0. The van der Waals surface area contributed by atoms with Gasteiger partial charge in [0, 0.05) is 30.2 Å². The standard InChI is InChI=1S/C22H25FN2O6S/c1-13(26)9-14-3-5-15(6-4-14)18-8-7-16(10-19(18)23)20-11-17(31-25-20)12-21(22(27)24-28)32(2,29)30/h3-8,10,13,17,21,26,28H,9,11-12H2,1-2H3,(H,24,27)/t13-,17-,21?/m1/s1. The Morgan fingerprint density at radius 3 is 2.47 bits per heavy atom. The van der Waals surface area contributed by atoms with Crippen molar-refractivity contribution in [2.24, 2.45) is 5.16 Å². The fraction of sp³-hybridized carbons (Fsp3) is 0.364. The molecule has 0 aromatic heterocycles. The molecule has 1 aliphatic heterocycles. The fourth-order valence-corrected chi connectivity index (χ4v) is 4.61. The third-order valence-electron chi connectivity index (χ3n) is 5.23. The molecule has 3 N–H and O–H groups in total. The number of aliphatic hydroxyl groups excluding tert-OH is 1. The molecule has 1 aliphatic rings. The first-order valence-electron chi connectivity index (χ1n) is 10.0. The van der Waals surface area contributed by atoms with Gasteiger partial charge in [-0.25, -0.2) is 18.3 Å². The number of aliphatic hydroxyl groups is 1. The molecule has 172 valence electrons. The van der Waals surface area contributed by atoms with Gasteiger partial charge in [-0.05, 0) is 30.5 Å². The van der Waals surface area contributed by atoms with Crippen LogP contribution in [0.15, 0.2) is 47.6 Å². The highest BCUT2D eigenvalue weighted by atomic mass is 32.2. The number of hydrogen-bond acceptors (Lipinski definition) is 7. The number of carbonyl (C=O) groups is 1. The number of hydroxylamine groups is 1. The molecule has 10 heteroatoms. The number of halogens is 1. The average molecular weight is 465 g/mol. The quantitative estimate of drug-likeness (QED) is 0.406. The highest BCUT2D eigenvalue weighted by Gasteiger charge is 2.35. The lowest BCUT2D eigenvalue weighted by Gasteiger charge is -2.16. The average Bonchev–Trinajstić information content (AvgIpc) is 3.20. The van der Waals surface area contributed by atoms with Gasteiger partial charge in [-0.3, -0.25) is 10.0 Å². The van der Waals surface area contributed by atoms with Crippen molar-refractivity contribution >= 4 is 21.5 Å². The van der Waals surface area contributed by atoms with Crippen molar-refractivity contribution in [3.63, 3.8) is 0 Å². The van der Waals surface area contributed by atoms with E-state index >= 15 is 0 Å². The van der Waals surface area contributed by atoms with E-state index in [0.29, 0.717) is 28.8 Å². The first-order chi connectivity index (χ1) is 15.1. The molecule has 3 atom stereocenters. The zero-order valence-electron chi connectivity index (χ0n) is 17.7. The molecule has 32 heavy (non-hydrogen) atoms. The number of benzene rings is 2. The minimum Gasteiger partial charge on any atom is -0.393 e. The van der Waals surface area contributed by atoms with E-state index in [9.17, 15) is 22.7 Å². The van der Waals surface area contributed by atoms with Crippen molar-refractivity contribution in [2.75, 3.05) is 6.26 Å². The van der Waals surface area contributed by atoms with Crippen LogP contribution < -0.4 is 5.48 Å². The van der Waals surface area contributed by atoms with Crippen molar-refractivity contribution < 1.29 is 32.8 Å². The molecule has 1 amide bonds. The second-order valence-electron chi connectivity index (χ2n) is 7.94. The number of nitrogens with one attached hydrogen (secondary N) is 1. The van der Waals surface area contributed by atoms with Crippen LogP contribution in [0.3, 0.4) is 0 Å². The topological polar surface area (TPSA) is 125 Å². The first-order valence-corrected chi connectivity index (χ1v) is 12.0. The maximum absolute atomic E-state index is 14.8. The molecule has 0 saturated heterocycles. The van der Waals surface area contributed by atoms with Gasteiger partial charge in [0.25, 0.3) is 5.91 Å². The maximum Gasteiger partial charge on any atom is 0.261 e. The van der Waals surface area contributed by atoms with Crippen molar-refractivity contribution in [1.82, 2.24) is 5.48 Å². The number of amides is 1. The Morgan fingerprint density at radius 1 is 1.25 bits per heavy atom. The number of oxime groups is 1. The number of carbonyl (C=O) groups excluding carboxylic acids is 1. The minimum atomic E-state index is -3.78. The van der Waals surface area contributed by atoms with E-state index in [2.05, 4.69) is 5.16 Å². The summed E-state index contributed by atoms with van der Waals surface area (Å²) in [6.45, 7) is 1.70. The van der Waals surface area contributed by atoms with Crippen molar-refractivity contribution in [1.29, 1.82) is 0 Å². The molecule has 0 fully saturated rings. The molecule has 0 spiro atoms. The largest absolute Gasteiger partial charge is 0.393 e. The third-order valence-corrected chi connectivity index (χ3v) is 6.67. The van der Waals surface area contributed by atoms with Gasteiger partial charge < -0.3 is 9.94 Å². The Hall–Kier alpha value is -2.82. The number of nitrogens with zero attached hydrogens (tertiary/aromatic N) is 1. The van der Waals surface area contributed by atoms with E-state index in [-0.39, 0.29) is 12.8 Å². The van der Waals surface area contributed by atoms with Crippen LogP contribution in [0.5, 0.6) is 0 Å². The smallest absolute Gasteiger partial charge is 0.261 e. The molecule has 3 rings (SSSR count). The highest BCUT2D eigenvalue weighted by Crippen LogP contribution is 2.27. The van der Waals surface area contributed by atoms with Crippen LogP contribution in [0.2, 0.25) is 0 Å². The maximum atomic E-state index is 14.8. The molecular weight excluding hydrogens is 439 g/mol.